The highest BCUT2D eigenvalue weighted by atomic mass is 16.6. The molecule has 0 heterocycles. The van der Waals surface area contributed by atoms with Crippen LogP contribution in [-0.2, 0) is 0 Å². The second-order valence-corrected chi connectivity index (χ2v) is 6.50. The van der Waals surface area contributed by atoms with Gasteiger partial charge in [0.05, 0.1) is 0 Å². The highest BCUT2D eigenvalue weighted by molar-refractivity contribution is 5.21. The van der Waals surface area contributed by atoms with Gasteiger partial charge in [0, 0.05) is 12.8 Å². The first-order valence-electron chi connectivity index (χ1n) is 6.85. The van der Waals surface area contributed by atoms with Crippen molar-refractivity contribution in [2.45, 2.75) is 52.2 Å². The van der Waals surface area contributed by atoms with Crippen molar-refractivity contribution >= 4 is 0 Å². The molecular weight excluding hydrogens is 224 g/mol. The van der Waals surface area contributed by atoms with Crippen molar-refractivity contribution in [1.29, 1.82) is 0 Å². The van der Waals surface area contributed by atoms with Crippen molar-refractivity contribution in [2.75, 3.05) is 0 Å². The minimum Gasteiger partial charge on any atom is -0.463 e. The number of rotatable bonds is 2. The predicted octanol–water partition coefficient (Wildman–Crippen LogP) is 3.99. The first kappa shape index (κ1) is 13.4. The normalized spacial score (nSPS) is 29.0. The fraction of sp³-hybridized carbons (Fsp3) is 0.625. The van der Waals surface area contributed by atoms with Crippen LogP contribution in [0.3, 0.4) is 0 Å². The number of para-hydroxylation sites is 1. The lowest BCUT2D eigenvalue weighted by Crippen LogP contribution is -2.42. The summed E-state index contributed by atoms with van der Waals surface area (Å²) in [7, 11) is 0. The van der Waals surface area contributed by atoms with E-state index < -0.39 is 5.79 Å². The van der Waals surface area contributed by atoms with Crippen LogP contribution in [0.4, 0.5) is 0 Å². The van der Waals surface area contributed by atoms with Crippen LogP contribution in [0.1, 0.15) is 46.5 Å². The largest absolute Gasteiger partial charge is 0.463 e. The molecule has 0 atom stereocenters. The molecule has 1 saturated carbocycles. The molecule has 1 aromatic rings. The lowest BCUT2D eigenvalue weighted by molar-refractivity contribution is -0.170. The van der Waals surface area contributed by atoms with E-state index in [2.05, 4.69) is 20.8 Å². The van der Waals surface area contributed by atoms with Crippen LogP contribution in [-0.4, -0.2) is 10.9 Å². The zero-order valence-electron chi connectivity index (χ0n) is 11.6. The van der Waals surface area contributed by atoms with E-state index in [1.165, 1.54) is 0 Å². The number of ether oxygens (including phenoxy) is 1. The van der Waals surface area contributed by atoms with Gasteiger partial charge in [-0.3, -0.25) is 0 Å². The molecule has 1 N–H and O–H groups in total. The third-order valence-electron chi connectivity index (χ3n) is 4.04. The second-order valence-electron chi connectivity index (χ2n) is 6.50. The van der Waals surface area contributed by atoms with E-state index in [0.29, 0.717) is 11.3 Å². The molecule has 0 aromatic heterocycles. The molecule has 1 fully saturated rings. The summed E-state index contributed by atoms with van der Waals surface area (Å²) in [5, 5.41) is 10.5. The van der Waals surface area contributed by atoms with Crippen LogP contribution >= 0.6 is 0 Å². The van der Waals surface area contributed by atoms with E-state index in [4.69, 9.17) is 4.74 Å². The van der Waals surface area contributed by atoms with Crippen molar-refractivity contribution in [3.63, 3.8) is 0 Å². The molecular formula is C16H24O2. The van der Waals surface area contributed by atoms with Gasteiger partial charge in [-0.05, 0) is 36.3 Å². The molecule has 2 rings (SSSR count). The topological polar surface area (TPSA) is 29.5 Å². The Kier molecular flexibility index (Phi) is 3.67. The Balaban J connectivity index is 1.95. The SMILES string of the molecule is CC(C)(C)C1CCC(O)(Oc2ccccc2)CC1. The molecule has 2 nitrogen and oxygen atoms in total. The smallest absolute Gasteiger partial charge is 0.208 e. The number of hydrogen-bond donors (Lipinski definition) is 1. The predicted molar refractivity (Wildman–Crippen MR) is 73.4 cm³/mol. The summed E-state index contributed by atoms with van der Waals surface area (Å²) in [6, 6.07) is 9.61. The van der Waals surface area contributed by atoms with E-state index >= 15 is 0 Å². The average molecular weight is 248 g/mol. The zero-order valence-corrected chi connectivity index (χ0v) is 11.6. The third kappa shape index (κ3) is 3.26. The van der Waals surface area contributed by atoms with E-state index in [1.54, 1.807) is 0 Å². The van der Waals surface area contributed by atoms with Gasteiger partial charge in [0.25, 0.3) is 0 Å². The molecule has 0 amide bonds. The molecule has 0 bridgehead atoms. The molecule has 0 spiro atoms. The molecule has 0 saturated heterocycles. The fourth-order valence-electron chi connectivity index (χ4n) is 2.74. The zero-order chi connectivity index (χ0) is 13.2. The molecule has 0 aliphatic heterocycles. The Hall–Kier alpha value is -1.02. The molecule has 0 unspecified atom stereocenters. The maximum absolute atomic E-state index is 10.5. The Bertz CT molecular complexity index is 370. The average Bonchev–Trinajstić information content (AvgIpc) is 2.29. The van der Waals surface area contributed by atoms with Gasteiger partial charge in [0.15, 0.2) is 0 Å². The fourth-order valence-corrected chi connectivity index (χ4v) is 2.74. The van der Waals surface area contributed by atoms with E-state index in [-0.39, 0.29) is 0 Å². The Labute approximate surface area is 110 Å². The summed E-state index contributed by atoms with van der Waals surface area (Å²) < 4.78 is 5.76. The quantitative estimate of drug-likeness (QED) is 0.802. The minimum absolute atomic E-state index is 0.327. The van der Waals surface area contributed by atoms with Crippen molar-refractivity contribution in [2.24, 2.45) is 11.3 Å². The van der Waals surface area contributed by atoms with Gasteiger partial charge in [-0.15, -0.1) is 0 Å². The second kappa shape index (κ2) is 4.93. The molecule has 1 aliphatic carbocycles. The lowest BCUT2D eigenvalue weighted by atomic mass is 9.71. The first-order valence-corrected chi connectivity index (χ1v) is 6.85. The molecule has 0 radical (unpaired) electrons. The molecule has 18 heavy (non-hydrogen) atoms. The van der Waals surface area contributed by atoms with E-state index in [9.17, 15) is 5.11 Å². The van der Waals surface area contributed by atoms with Crippen molar-refractivity contribution in [1.82, 2.24) is 0 Å². The molecule has 1 aliphatic rings. The third-order valence-corrected chi connectivity index (χ3v) is 4.04. The lowest BCUT2D eigenvalue weighted by Gasteiger charge is -2.41. The summed E-state index contributed by atoms with van der Waals surface area (Å²) in [6.45, 7) is 6.83. The number of benzene rings is 1. The summed E-state index contributed by atoms with van der Waals surface area (Å²) in [4.78, 5) is 0. The van der Waals surface area contributed by atoms with Crippen LogP contribution in [0.15, 0.2) is 30.3 Å². The molecule has 1 aromatic carbocycles. The van der Waals surface area contributed by atoms with E-state index in [0.717, 1.165) is 31.4 Å². The van der Waals surface area contributed by atoms with Gasteiger partial charge in [-0.2, -0.15) is 0 Å². The standard InChI is InChI=1S/C16H24O2/c1-15(2,3)13-9-11-16(17,12-10-13)18-14-7-5-4-6-8-14/h4-8,13,17H,9-12H2,1-3H3. The summed E-state index contributed by atoms with van der Waals surface area (Å²) >= 11 is 0. The van der Waals surface area contributed by atoms with Crippen molar-refractivity contribution < 1.29 is 9.84 Å². The van der Waals surface area contributed by atoms with Gasteiger partial charge in [0.1, 0.15) is 5.75 Å². The Morgan fingerprint density at radius 1 is 1.11 bits per heavy atom. The monoisotopic (exact) mass is 248 g/mol. The van der Waals surface area contributed by atoms with Gasteiger partial charge in [0.2, 0.25) is 5.79 Å². The Morgan fingerprint density at radius 3 is 2.17 bits per heavy atom. The maximum Gasteiger partial charge on any atom is 0.208 e. The van der Waals surface area contributed by atoms with Crippen LogP contribution in [0.2, 0.25) is 0 Å². The van der Waals surface area contributed by atoms with Crippen LogP contribution in [0, 0.1) is 11.3 Å². The molecule has 100 valence electrons. The van der Waals surface area contributed by atoms with Crippen LogP contribution in [0.25, 0.3) is 0 Å². The van der Waals surface area contributed by atoms with Gasteiger partial charge in [-0.1, -0.05) is 39.0 Å². The highest BCUT2D eigenvalue weighted by Crippen LogP contribution is 2.41. The Morgan fingerprint density at radius 2 is 1.67 bits per heavy atom. The maximum atomic E-state index is 10.5. The van der Waals surface area contributed by atoms with Gasteiger partial charge in [-0.25, -0.2) is 0 Å². The minimum atomic E-state index is -0.969. The van der Waals surface area contributed by atoms with Crippen molar-refractivity contribution in [3.05, 3.63) is 30.3 Å². The van der Waals surface area contributed by atoms with Crippen molar-refractivity contribution in [3.8, 4) is 5.75 Å². The summed E-state index contributed by atoms with van der Waals surface area (Å²) in [5.41, 5.74) is 0.327. The number of aliphatic hydroxyl groups is 1. The van der Waals surface area contributed by atoms with E-state index in [1.807, 2.05) is 30.3 Å². The van der Waals surface area contributed by atoms with Crippen LogP contribution < -0.4 is 4.74 Å². The number of hydrogen-bond acceptors (Lipinski definition) is 2. The first-order chi connectivity index (χ1) is 8.39. The molecule has 2 heteroatoms. The van der Waals surface area contributed by atoms with Crippen LogP contribution in [0.5, 0.6) is 5.75 Å². The van der Waals surface area contributed by atoms with Gasteiger partial charge >= 0.3 is 0 Å². The van der Waals surface area contributed by atoms with Gasteiger partial charge < -0.3 is 9.84 Å². The summed E-state index contributed by atoms with van der Waals surface area (Å²) in [5.74, 6) is 0.467. The highest BCUT2D eigenvalue weighted by Gasteiger charge is 2.38. The summed E-state index contributed by atoms with van der Waals surface area (Å²) in [6.07, 6.45) is 3.52.